The summed E-state index contributed by atoms with van der Waals surface area (Å²) in [6, 6.07) is 1.96. The Bertz CT molecular complexity index is 471. The van der Waals surface area contributed by atoms with Crippen LogP contribution in [0.25, 0.3) is 0 Å². The van der Waals surface area contributed by atoms with Gasteiger partial charge in [-0.2, -0.15) is 0 Å². The van der Waals surface area contributed by atoms with Crippen LogP contribution < -0.4 is 5.73 Å². The second-order valence-electron chi connectivity index (χ2n) is 2.70. The van der Waals surface area contributed by atoms with Crippen molar-refractivity contribution in [3.63, 3.8) is 0 Å². The highest BCUT2D eigenvalue weighted by Gasteiger charge is 2.10. The van der Waals surface area contributed by atoms with E-state index in [1.54, 1.807) is 11.6 Å². The molecule has 0 aliphatic heterocycles. The third-order valence-corrected chi connectivity index (χ3v) is 3.60. The minimum absolute atomic E-state index is 0.0448. The molecule has 0 spiro atoms. The van der Waals surface area contributed by atoms with E-state index >= 15 is 0 Å². The molecule has 1 aromatic heterocycles. The van der Waals surface area contributed by atoms with Gasteiger partial charge in [0, 0.05) is 22.5 Å². The number of rotatable bonds is 2. The third-order valence-electron chi connectivity index (χ3n) is 1.66. The highest BCUT2D eigenvalue weighted by molar-refractivity contribution is 8.01. The quantitative estimate of drug-likeness (QED) is 0.825. The zero-order chi connectivity index (χ0) is 10.8. The lowest BCUT2D eigenvalue weighted by atomic mass is 10.3. The summed E-state index contributed by atoms with van der Waals surface area (Å²) < 4.78 is 26.7. The average Bonchev–Trinajstić information content (AvgIpc) is 2.66. The van der Waals surface area contributed by atoms with Gasteiger partial charge in [0.2, 0.25) is 0 Å². The maximum Gasteiger partial charge on any atom is 0.154 e. The van der Waals surface area contributed by atoms with Gasteiger partial charge in [0.1, 0.15) is 11.6 Å². The highest BCUT2D eigenvalue weighted by atomic mass is 32.2. The lowest BCUT2D eigenvalue weighted by molar-refractivity contribution is 0.581. The summed E-state index contributed by atoms with van der Waals surface area (Å²) in [5.74, 6) is -1.38. The van der Waals surface area contributed by atoms with Crippen LogP contribution in [0.4, 0.5) is 14.5 Å². The summed E-state index contributed by atoms with van der Waals surface area (Å²) in [7, 11) is 0. The van der Waals surface area contributed by atoms with Crippen LogP contribution in [0.1, 0.15) is 0 Å². The van der Waals surface area contributed by atoms with Crippen LogP contribution in [0, 0.1) is 11.6 Å². The van der Waals surface area contributed by atoms with Gasteiger partial charge in [0.25, 0.3) is 0 Å². The molecular weight excluding hydrogens is 238 g/mol. The number of anilines is 1. The summed E-state index contributed by atoms with van der Waals surface area (Å²) in [5, 5.41) is 1.79. The molecule has 0 saturated heterocycles. The van der Waals surface area contributed by atoms with E-state index in [0.29, 0.717) is 9.24 Å². The number of halogens is 2. The number of nitrogens with two attached hydrogens (primary N) is 1. The van der Waals surface area contributed by atoms with Crippen LogP contribution in [-0.4, -0.2) is 4.98 Å². The van der Waals surface area contributed by atoms with Crippen LogP contribution in [0.5, 0.6) is 0 Å². The molecule has 1 aromatic carbocycles. The topological polar surface area (TPSA) is 38.9 Å². The van der Waals surface area contributed by atoms with Crippen molar-refractivity contribution < 1.29 is 8.78 Å². The molecule has 2 N–H and O–H groups in total. The molecule has 0 atom stereocenters. The highest BCUT2D eigenvalue weighted by Crippen LogP contribution is 2.34. The van der Waals surface area contributed by atoms with Gasteiger partial charge in [-0.25, -0.2) is 13.8 Å². The molecule has 15 heavy (non-hydrogen) atoms. The van der Waals surface area contributed by atoms with Crippen LogP contribution in [-0.2, 0) is 0 Å². The predicted octanol–water partition coefficient (Wildman–Crippen LogP) is 3.15. The summed E-state index contributed by atoms with van der Waals surface area (Å²) >= 11 is 2.54. The Hall–Kier alpha value is -1.14. The molecule has 0 bridgehead atoms. The van der Waals surface area contributed by atoms with E-state index in [1.165, 1.54) is 17.4 Å². The minimum Gasteiger partial charge on any atom is -0.395 e. The van der Waals surface area contributed by atoms with Gasteiger partial charge in [0.15, 0.2) is 4.34 Å². The Morgan fingerprint density at radius 3 is 2.80 bits per heavy atom. The minimum atomic E-state index is -0.742. The average molecular weight is 244 g/mol. The molecule has 2 rings (SSSR count). The maximum atomic E-state index is 13.1. The molecule has 2 aromatic rings. The van der Waals surface area contributed by atoms with Crippen molar-refractivity contribution in [2.24, 2.45) is 0 Å². The molecule has 6 heteroatoms. The van der Waals surface area contributed by atoms with Gasteiger partial charge in [0.05, 0.1) is 5.69 Å². The molecule has 1 heterocycles. The standard InChI is InChI=1S/C9H6F2N2S2/c10-5-3-6(11)8(12)7(4-5)15-9-13-1-2-14-9/h1-4H,12H2. The number of thiazole rings is 1. The summed E-state index contributed by atoms with van der Waals surface area (Å²) in [6.45, 7) is 0. The molecule has 0 radical (unpaired) electrons. The second kappa shape index (κ2) is 4.16. The van der Waals surface area contributed by atoms with Gasteiger partial charge in [-0.15, -0.1) is 11.3 Å². The Balaban J connectivity index is 2.36. The molecule has 0 amide bonds. The van der Waals surface area contributed by atoms with Crippen molar-refractivity contribution in [3.05, 3.63) is 35.3 Å². The smallest absolute Gasteiger partial charge is 0.154 e. The third kappa shape index (κ3) is 2.27. The van der Waals surface area contributed by atoms with E-state index in [4.69, 9.17) is 5.73 Å². The van der Waals surface area contributed by atoms with Crippen molar-refractivity contribution in [3.8, 4) is 0 Å². The zero-order valence-corrected chi connectivity index (χ0v) is 9.04. The summed E-state index contributed by atoms with van der Waals surface area (Å²) in [5.41, 5.74) is 5.44. The number of nitrogens with zero attached hydrogens (tertiary/aromatic N) is 1. The van der Waals surface area contributed by atoms with Crippen LogP contribution >= 0.6 is 23.1 Å². The summed E-state index contributed by atoms with van der Waals surface area (Å²) in [6.07, 6.45) is 1.62. The van der Waals surface area contributed by atoms with E-state index in [-0.39, 0.29) is 5.69 Å². The van der Waals surface area contributed by atoms with Gasteiger partial charge < -0.3 is 5.73 Å². The fourth-order valence-corrected chi connectivity index (χ4v) is 2.67. The summed E-state index contributed by atoms with van der Waals surface area (Å²) in [4.78, 5) is 4.34. The SMILES string of the molecule is Nc1c(F)cc(F)cc1Sc1nccs1. The Morgan fingerprint density at radius 1 is 1.33 bits per heavy atom. The van der Waals surface area contributed by atoms with E-state index in [2.05, 4.69) is 4.98 Å². The van der Waals surface area contributed by atoms with Crippen molar-refractivity contribution in [1.82, 2.24) is 4.98 Å². The maximum absolute atomic E-state index is 13.1. The molecule has 78 valence electrons. The fraction of sp³-hybridized carbons (Fsp3) is 0. The second-order valence-corrected chi connectivity index (χ2v) is 4.88. The largest absolute Gasteiger partial charge is 0.395 e. The van der Waals surface area contributed by atoms with Crippen LogP contribution in [0.2, 0.25) is 0 Å². The molecule has 0 unspecified atom stereocenters. The molecular formula is C9H6F2N2S2. The Labute approximate surface area is 93.1 Å². The zero-order valence-electron chi connectivity index (χ0n) is 7.41. The van der Waals surface area contributed by atoms with E-state index in [1.807, 2.05) is 0 Å². The predicted molar refractivity (Wildman–Crippen MR) is 57.0 cm³/mol. The molecule has 0 fully saturated rings. The van der Waals surface area contributed by atoms with E-state index in [0.717, 1.165) is 17.8 Å². The lowest BCUT2D eigenvalue weighted by Gasteiger charge is -2.04. The molecule has 2 nitrogen and oxygen atoms in total. The normalized spacial score (nSPS) is 10.5. The van der Waals surface area contributed by atoms with Crippen molar-refractivity contribution in [1.29, 1.82) is 0 Å². The van der Waals surface area contributed by atoms with E-state index < -0.39 is 11.6 Å². The van der Waals surface area contributed by atoms with Gasteiger partial charge >= 0.3 is 0 Å². The first-order valence-electron chi connectivity index (χ1n) is 3.98. The van der Waals surface area contributed by atoms with Gasteiger partial charge in [-0.05, 0) is 6.07 Å². The van der Waals surface area contributed by atoms with Crippen molar-refractivity contribution in [2.75, 3.05) is 5.73 Å². The number of benzene rings is 1. The van der Waals surface area contributed by atoms with Crippen LogP contribution in [0.3, 0.4) is 0 Å². The number of hydrogen-bond donors (Lipinski definition) is 1. The van der Waals surface area contributed by atoms with Crippen molar-refractivity contribution >= 4 is 28.8 Å². The van der Waals surface area contributed by atoms with Crippen LogP contribution in [0.15, 0.2) is 32.9 Å². The molecule has 0 saturated carbocycles. The Morgan fingerprint density at radius 2 is 2.13 bits per heavy atom. The molecule has 0 aliphatic carbocycles. The van der Waals surface area contributed by atoms with Gasteiger partial charge in [-0.3, -0.25) is 0 Å². The molecule has 0 aliphatic rings. The van der Waals surface area contributed by atoms with Crippen molar-refractivity contribution in [2.45, 2.75) is 9.24 Å². The first kappa shape index (κ1) is 10.4. The lowest BCUT2D eigenvalue weighted by Crippen LogP contribution is -1.94. The first-order chi connectivity index (χ1) is 7.16. The first-order valence-corrected chi connectivity index (χ1v) is 5.68. The Kier molecular flexibility index (Phi) is 2.88. The number of hydrogen-bond acceptors (Lipinski definition) is 4. The monoisotopic (exact) mass is 244 g/mol. The number of nitrogen functional groups attached to an aromatic ring is 1. The fourth-order valence-electron chi connectivity index (χ4n) is 1.00. The number of aromatic nitrogens is 1. The van der Waals surface area contributed by atoms with Gasteiger partial charge in [-0.1, -0.05) is 11.8 Å². The van der Waals surface area contributed by atoms with E-state index in [9.17, 15) is 8.78 Å².